The van der Waals surface area contributed by atoms with Gasteiger partial charge in [-0.15, -0.1) is 0 Å². The topological polar surface area (TPSA) is 93.1 Å². The molecule has 0 fully saturated rings. The van der Waals surface area contributed by atoms with E-state index in [1.165, 1.54) is 0 Å². The van der Waals surface area contributed by atoms with Crippen molar-refractivity contribution in [3.05, 3.63) is 12.0 Å². The van der Waals surface area contributed by atoms with Crippen molar-refractivity contribution in [2.75, 3.05) is 18.8 Å². The molecule has 0 amide bonds. The number of fused-ring (bicyclic) bond motifs is 1. The van der Waals surface area contributed by atoms with Crippen molar-refractivity contribution in [1.29, 1.82) is 0 Å². The monoisotopic (exact) mass is 278 g/mol. The second-order valence-electron chi connectivity index (χ2n) is 5.65. The zero-order valence-electron chi connectivity index (χ0n) is 12.5. The van der Waals surface area contributed by atoms with Crippen molar-refractivity contribution in [1.82, 2.24) is 24.6 Å². The standard InChI is InChI=1S/C13H22N6O/c1-5-19(8-13(2,3)20)7-10-16-11(14)9-6-15-18(4)12(9)17-10/h6,20H,5,7-8H2,1-4H3,(H2,14,16,17). The van der Waals surface area contributed by atoms with Crippen LogP contribution in [-0.2, 0) is 13.6 Å². The molecule has 0 spiro atoms. The second kappa shape index (κ2) is 5.34. The van der Waals surface area contributed by atoms with Gasteiger partial charge in [-0.25, -0.2) is 9.97 Å². The minimum atomic E-state index is -0.752. The van der Waals surface area contributed by atoms with Crippen molar-refractivity contribution in [3.8, 4) is 0 Å². The molecule has 2 rings (SSSR count). The average molecular weight is 278 g/mol. The highest BCUT2D eigenvalue weighted by atomic mass is 16.3. The molecule has 0 bridgehead atoms. The van der Waals surface area contributed by atoms with Crippen LogP contribution in [0.4, 0.5) is 5.82 Å². The third-order valence-electron chi connectivity index (χ3n) is 3.09. The summed E-state index contributed by atoms with van der Waals surface area (Å²) in [5.74, 6) is 1.09. The van der Waals surface area contributed by atoms with Gasteiger partial charge in [0.1, 0.15) is 11.6 Å². The second-order valence-corrected chi connectivity index (χ2v) is 5.65. The zero-order valence-corrected chi connectivity index (χ0v) is 12.5. The number of hydrogen-bond acceptors (Lipinski definition) is 6. The van der Waals surface area contributed by atoms with Crippen LogP contribution < -0.4 is 5.73 Å². The number of nitrogen functional groups attached to an aromatic ring is 1. The van der Waals surface area contributed by atoms with Gasteiger partial charge in [-0.1, -0.05) is 6.92 Å². The molecule has 0 saturated carbocycles. The normalized spacial score (nSPS) is 12.5. The summed E-state index contributed by atoms with van der Waals surface area (Å²) < 4.78 is 1.68. The average Bonchev–Trinajstić information content (AvgIpc) is 2.69. The lowest BCUT2D eigenvalue weighted by Crippen LogP contribution is -2.38. The van der Waals surface area contributed by atoms with Crippen LogP contribution in [0.3, 0.4) is 0 Å². The molecule has 2 aromatic heterocycles. The van der Waals surface area contributed by atoms with E-state index < -0.39 is 5.60 Å². The van der Waals surface area contributed by atoms with Gasteiger partial charge in [0.2, 0.25) is 0 Å². The number of likely N-dealkylation sites (N-methyl/N-ethyl adjacent to an activating group) is 1. The number of nitrogens with zero attached hydrogens (tertiary/aromatic N) is 5. The van der Waals surface area contributed by atoms with Crippen molar-refractivity contribution in [3.63, 3.8) is 0 Å². The number of aryl methyl sites for hydroxylation is 1. The van der Waals surface area contributed by atoms with Crippen molar-refractivity contribution < 1.29 is 5.11 Å². The minimum absolute atomic E-state index is 0.442. The maximum Gasteiger partial charge on any atom is 0.163 e. The molecule has 0 aliphatic heterocycles. The SMILES string of the molecule is CCN(Cc1nc(N)c2cnn(C)c2n1)CC(C)(C)O. The summed E-state index contributed by atoms with van der Waals surface area (Å²) in [6.45, 7) is 7.51. The number of aromatic nitrogens is 4. The van der Waals surface area contributed by atoms with Crippen LogP contribution in [0.2, 0.25) is 0 Å². The van der Waals surface area contributed by atoms with Gasteiger partial charge in [-0.05, 0) is 20.4 Å². The minimum Gasteiger partial charge on any atom is -0.389 e. The van der Waals surface area contributed by atoms with E-state index in [-0.39, 0.29) is 0 Å². The Morgan fingerprint density at radius 3 is 2.70 bits per heavy atom. The molecule has 0 aliphatic carbocycles. The van der Waals surface area contributed by atoms with Gasteiger partial charge in [0.25, 0.3) is 0 Å². The zero-order chi connectivity index (χ0) is 14.9. The first kappa shape index (κ1) is 14.7. The lowest BCUT2D eigenvalue weighted by Gasteiger charge is -2.27. The highest BCUT2D eigenvalue weighted by molar-refractivity contribution is 5.84. The summed E-state index contributed by atoms with van der Waals surface area (Å²) in [6, 6.07) is 0. The molecule has 0 aromatic carbocycles. The Morgan fingerprint density at radius 2 is 2.10 bits per heavy atom. The van der Waals surface area contributed by atoms with Crippen LogP contribution >= 0.6 is 0 Å². The predicted octanol–water partition coefficient (Wildman–Crippen LogP) is 0.538. The molecule has 7 nitrogen and oxygen atoms in total. The number of hydrogen-bond donors (Lipinski definition) is 2. The Hall–Kier alpha value is -1.73. The third-order valence-corrected chi connectivity index (χ3v) is 3.09. The molecular formula is C13H22N6O. The fraction of sp³-hybridized carbons (Fsp3) is 0.615. The van der Waals surface area contributed by atoms with Gasteiger partial charge in [0.05, 0.1) is 23.7 Å². The van der Waals surface area contributed by atoms with Crippen LogP contribution in [0.1, 0.15) is 26.6 Å². The lowest BCUT2D eigenvalue weighted by molar-refractivity contribution is 0.0346. The molecule has 0 radical (unpaired) electrons. The van der Waals surface area contributed by atoms with Crippen molar-refractivity contribution in [2.45, 2.75) is 32.9 Å². The Morgan fingerprint density at radius 1 is 1.40 bits per heavy atom. The van der Waals surface area contributed by atoms with E-state index in [4.69, 9.17) is 5.73 Å². The van der Waals surface area contributed by atoms with Gasteiger partial charge in [-0.3, -0.25) is 9.58 Å². The van der Waals surface area contributed by atoms with Crippen LogP contribution in [0.15, 0.2) is 6.20 Å². The van der Waals surface area contributed by atoms with Gasteiger partial charge in [0.15, 0.2) is 5.65 Å². The lowest BCUT2D eigenvalue weighted by atomic mass is 10.1. The largest absolute Gasteiger partial charge is 0.389 e. The first-order valence-corrected chi connectivity index (χ1v) is 6.69. The summed E-state index contributed by atoms with van der Waals surface area (Å²) in [5.41, 5.74) is 5.92. The fourth-order valence-electron chi connectivity index (χ4n) is 2.19. The molecule has 20 heavy (non-hydrogen) atoms. The maximum atomic E-state index is 9.91. The van der Waals surface area contributed by atoms with E-state index in [1.807, 2.05) is 14.0 Å². The molecule has 110 valence electrons. The summed E-state index contributed by atoms with van der Waals surface area (Å²) in [6.07, 6.45) is 1.67. The summed E-state index contributed by atoms with van der Waals surface area (Å²) in [4.78, 5) is 10.9. The Labute approximate surface area is 118 Å². The van der Waals surface area contributed by atoms with E-state index in [0.717, 1.165) is 17.6 Å². The number of nitrogens with two attached hydrogens (primary N) is 1. The molecular weight excluding hydrogens is 256 g/mol. The number of rotatable bonds is 5. The Bertz CT molecular complexity index is 601. The van der Waals surface area contributed by atoms with E-state index >= 15 is 0 Å². The Balaban J connectivity index is 2.26. The van der Waals surface area contributed by atoms with E-state index in [2.05, 4.69) is 20.0 Å². The van der Waals surface area contributed by atoms with Crippen LogP contribution in [-0.4, -0.2) is 48.4 Å². The van der Waals surface area contributed by atoms with E-state index in [1.54, 1.807) is 24.7 Å². The molecule has 3 N–H and O–H groups in total. The highest BCUT2D eigenvalue weighted by Crippen LogP contribution is 2.17. The third kappa shape index (κ3) is 3.23. The van der Waals surface area contributed by atoms with Crippen LogP contribution in [0.25, 0.3) is 11.0 Å². The predicted molar refractivity (Wildman–Crippen MR) is 78.0 cm³/mol. The van der Waals surface area contributed by atoms with Gasteiger partial charge < -0.3 is 10.8 Å². The van der Waals surface area contributed by atoms with E-state index in [9.17, 15) is 5.11 Å². The Kier molecular flexibility index (Phi) is 3.92. The fourth-order valence-corrected chi connectivity index (χ4v) is 2.19. The summed E-state index contributed by atoms with van der Waals surface area (Å²) >= 11 is 0. The molecule has 0 saturated heterocycles. The molecule has 2 heterocycles. The van der Waals surface area contributed by atoms with E-state index in [0.29, 0.717) is 24.7 Å². The van der Waals surface area contributed by atoms with Gasteiger partial charge >= 0.3 is 0 Å². The first-order valence-electron chi connectivity index (χ1n) is 6.69. The molecule has 0 unspecified atom stereocenters. The smallest absolute Gasteiger partial charge is 0.163 e. The van der Waals surface area contributed by atoms with Gasteiger partial charge in [-0.2, -0.15) is 5.10 Å². The molecule has 0 atom stereocenters. The molecule has 0 aliphatic rings. The van der Waals surface area contributed by atoms with Crippen LogP contribution in [0.5, 0.6) is 0 Å². The number of anilines is 1. The van der Waals surface area contributed by atoms with Crippen molar-refractivity contribution >= 4 is 16.9 Å². The van der Waals surface area contributed by atoms with Crippen molar-refractivity contribution in [2.24, 2.45) is 7.05 Å². The highest BCUT2D eigenvalue weighted by Gasteiger charge is 2.19. The number of aliphatic hydroxyl groups is 1. The summed E-state index contributed by atoms with van der Waals surface area (Å²) in [5, 5.41) is 14.8. The first-order chi connectivity index (χ1) is 9.30. The quantitative estimate of drug-likeness (QED) is 0.829. The summed E-state index contributed by atoms with van der Waals surface area (Å²) in [7, 11) is 1.83. The maximum absolute atomic E-state index is 9.91. The van der Waals surface area contributed by atoms with Crippen LogP contribution in [0, 0.1) is 0 Å². The molecule has 2 aromatic rings. The molecule has 7 heteroatoms. The van der Waals surface area contributed by atoms with Gasteiger partial charge in [0, 0.05) is 13.6 Å².